The maximum atomic E-state index is 12.1. The summed E-state index contributed by atoms with van der Waals surface area (Å²) in [5.74, 6) is -1.46. The van der Waals surface area contributed by atoms with Crippen molar-refractivity contribution in [3.05, 3.63) is 30.3 Å². The molecule has 1 aromatic rings. The van der Waals surface area contributed by atoms with Gasteiger partial charge >= 0.3 is 5.97 Å². The van der Waals surface area contributed by atoms with Gasteiger partial charge in [-0.3, -0.25) is 14.5 Å². The zero-order valence-electron chi connectivity index (χ0n) is 12.9. The lowest BCUT2D eigenvalue weighted by molar-refractivity contribution is -0.142. The standard InChI is InChI=1S/C16H24N2O3/c1-4-13(3)18(10-12(2)16(20)21)11-15(19)17-14-8-6-5-7-9-14/h5-9,12-13H,4,10-11H2,1-3H3,(H,17,19)(H,20,21). The van der Waals surface area contributed by atoms with Gasteiger partial charge in [0.2, 0.25) is 5.91 Å². The SMILES string of the molecule is CCC(C)N(CC(=O)Nc1ccccc1)CC(C)C(=O)O. The van der Waals surface area contributed by atoms with E-state index in [1.807, 2.05) is 49.1 Å². The van der Waals surface area contributed by atoms with E-state index in [-0.39, 0.29) is 18.5 Å². The van der Waals surface area contributed by atoms with E-state index in [0.29, 0.717) is 6.54 Å². The number of hydrogen-bond acceptors (Lipinski definition) is 3. The lowest BCUT2D eigenvalue weighted by Crippen LogP contribution is -2.42. The molecule has 2 N–H and O–H groups in total. The van der Waals surface area contributed by atoms with Gasteiger partial charge in [0.15, 0.2) is 0 Å². The highest BCUT2D eigenvalue weighted by atomic mass is 16.4. The van der Waals surface area contributed by atoms with Crippen molar-refractivity contribution < 1.29 is 14.7 Å². The average Bonchev–Trinajstić information content (AvgIpc) is 2.46. The summed E-state index contributed by atoms with van der Waals surface area (Å²) >= 11 is 0. The number of carbonyl (C=O) groups is 2. The molecule has 5 nitrogen and oxygen atoms in total. The van der Waals surface area contributed by atoms with Crippen LogP contribution in [0.4, 0.5) is 5.69 Å². The Kier molecular flexibility index (Phi) is 6.88. The summed E-state index contributed by atoms with van der Waals surface area (Å²) in [6.45, 7) is 6.25. The second-order valence-electron chi connectivity index (χ2n) is 5.34. The van der Waals surface area contributed by atoms with E-state index < -0.39 is 11.9 Å². The number of nitrogens with one attached hydrogen (secondary N) is 1. The summed E-state index contributed by atoms with van der Waals surface area (Å²) in [6, 6.07) is 9.41. The van der Waals surface area contributed by atoms with Crippen LogP contribution in [0.25, 0.3) is 0 Å². The van der Waals surface area contributed by atoms with Crippen molar-refractivity contribution in [2.75, 3.05) is 18.4 Å². The number of benzene rings is 1. The number of aliphatic carboxylic acids is 1. The summed E-state index contributed by atoms with van der Waals surface area (Å²) in [6.07, 6.45) is 0.866. The van der Waals surface area contributed by atoms with Gasteiger partial charge in [0.25, 0.3) is 0 Å². The molecule has 0 saturated carbocycles. The highest BCUT2D eigenvalue weighted by molar-refractivity contribution is 5.92. The molecule has 0 fully saturated rings. The van der Waals surface area contributed by atoms with Gasteiger partial charge in [0, 0.05) is 18.3 Å². The van der Waals surface area contributed by atoms with Gasteiger partial charge in [-0.05, 0) is 25.5 Å². The summed E-state index contributed by atoms with van der Waals surface area (Å²) in [5.41, 5.74) is 0.748. The van der Waals surface area contributed by atoms with Crippen LogP contribution in [0.3, 0.4) is 0 Å². The summed E-state index contributed by atoms with van der Waals surface area (Å²) in [5, 5.41) is 11.9. The molecule has 1 aromatic carbocycles. The fourth-order valence-corrected chi connectivity index (χ4v) is 1.99. The van der Waals surface area contributed by atoms with Crippen LogP contribution in [0.15, 0.2) is 30.3 Å². The highest BCUT2D eigenvalue weighted by Crippen LogP contribution is 2.10. The van der Waals surface area contributed by atoms with Gasteiger partial charge in [-0.2, -0.15) is 0 Å². The number of hydrogen-bond donors (Lipinski definition) is 2. The molecule has 21 heavy (non-hydrogen) atoms. The predicted octanol–water partition coefficient (Wildman–Crippen LogP) is 2.45. The summed E-state index contributed by atoms with van der Waals surface area (Å²) in [7, 11) is 0. The van der Waals surface area contributed by atoms with Crippen molar-refractivity contribution >= 4 is 17.6 Å². The lowest BCUT2D eigenvalue weighted by atomic mass is 10.1. The van der Waals surface area contributed by atoms with Gasteiger partial charge in [-0.25, -0.2) is 0 Å². The van der Waals surface area contributed by atoms with Crippen LogP contribution < -0.4 is 5.32 Å². The molecule has 2 unspecified atom stereocenters. The number of carboxylic acids is 1. The van der Waals surface area contributed by atoms with Crippen LogP contribution in [-0.4, -0.2) is 41.0 Å². The van der Waals surface area contributed by atoms with Crippen molar-refractivity contribution in [3.8, 4) is 0 Å². The largest absolute Gasteiger partial charge is 0.481 e. The van der Waals surface area contributed by atoms with Crippen LogP contribution >= 0.6 is 0 Å². The average molecular weight is 292 g/mol. The number of carbonyl (C=O) groups excluding carboxylic acids is 1. The molecular weight excluding hydrogens is 268 g/mol. The van der Waals surface area contributed by atoms with Gasteiger partial charge in [-0.1, -0.05) is 32.0 Å². The first-order chi connectivity index (χ1) is 9.93. The Bertz CT molecular complexity index is 462. The smallest absolute Gasteiger partial charge is 0.307 e. The maximum Gasteiger partial charge on any atom is 0.307 e. The number of anilines is 1. The third-order valence-corrected chi connectivity index (χ3v) is 3.55. The number of rotatable bonds is 8. The van der Waals surface area contributed by atoms with E-state index >= 15 is 0 Å². The fourth-order valence-electron chi connectivity index (χ4n) is 1.99. The van der Waals surface area contributed by atoms with Crippen LogP contribution in [-0.2, 0) is 9.59 Å². The molecule has 1 rings (SSSR count). The van der Waals surface area contributed by atoms with E-state index in [0.717, 1.165) is 12.1 Å². The zero-order chi connectivity index (χ0) is 15.8. The van der Waals surface area contributed by atoms with Crippen molar-refractivity contribution in [3.63, 3.8) is 0 Å². The Morgan fingerprint density at radius 3 is 2.38 bits per heavy atom. The van der Waals surface area contributed by atoms with E-state index in [1.54, 1.807) is 6.92 Å². The molecule has 1 amide bonds. The minimum absolute atomic E-state index is 0.126. The summed E-state index contributed by atoms with van der Waals surface area (Å²) < 4.78 is 0. The number of para-hydroxylation sites is 1. The van der Waals surface area contributed by atoms with Gasteiger partial charge in [0.05, 0.1) is 12.5 Å². The Morgan fingerprint density at radius 1 is 1.24 bits per heavy atom. The molecule has 0 spiro atoms. The molecule has 116 valence electrons. The Morgan fingerprint density at radius 2 is 1.86 bits per heavy atom. The molecule has 0 heterocycles. The second kappa shape index (κ2) is 8.42. The third kappa shape index (κ3) is 5.95. The first kappa shape index (κ1) is 17.2. The van der Waals surface area contributed by atoms with Crippen LogP contribution in [0, 0.1) is 5.92 Å². The summed E-state index contributed by atoms with van der Waals surface area (Å²) in [4.78, 5) is 25.0. The fraction of sp³-hybridized carbons (Fsp3) is 0.500. The molecule has 0 aliphatic heterocycles. The van der Waals surface area contributed by atoms with E-state index in [1.165, 1.54) is 0 Å². The van der Waals surface area contributed by atoms with Gasteiger partial charge in [-0.15, -0.1) is 0 Å². The highest BCUT2D eigenvalue weighted by Gasteiger charge is 2.21. The van der Waals surface area contributed by atoms with Crippen molar-refractivity contribution in [2.45, 2.75) is 33.2 Å². The van der Waals surface area contributed by atoms with Crippen molar-refractivity contribution in [1.82, 2.24) is 4.90 Å². The van der Waals surface area contributed by atoms with Gasteiger partial charge < -0.3 is 10.4 Å². The first-order valence-electron chi connectivity index (χ1n) is 7.25. The molecular formula is C16H24N2O3. The molecule has 5 heteroatoms. The van der Waals surface area contributed by atoms with Crippen LogP contribution in [0.1, 0.15) is 27.2 Å². The monoisotopic (exact) mass is 292 g/mol. The van der Waals surface area contributed by atoms with Crippen molar-refractivity contribution in [2.24, 2.45) is 5.92 Å². The minimum atomic E-state index is -0.841. The Hall–Kier alpha value is -1.88. The number of nitrogens with zero attached hydrogens (tertiary/aromatic N) is 1. The van der Waals surface area contributed by atoms with Gasteiger partial charge in [0.1, 0.15) is 0 Å². The van der Waals surface area contributed by atoms with Crippen molar-refractivity contribution in [1.29, 1.82) is 0 Å². The second-order valence-corrected chi connectivity index (χ2v) is 5.34. The minimum Gasteiger partial charge on any atom is -0.481 e. The molecule has 0 aromatic heterocycles. The van der Waals surface area contributed by atoms with E-state index in [9.17, 15) is 9.59 Å². The topological polar surface area (TPSA) is 69.6 Å². The quantitative estimate of drug-likeness (QED) is 0.772. The molecule has 0 aliphatic rings. The first-order valence-corrected chi connectivity index (χ1v) is 7.25. The zero-order valence-corrected chi connectivity index (χ0v) is 12.9. The number of amides is 1. The van der Waals surface area contributed by atoms with E-state index in [2.05, 4.69) is 5.32 Å². The van der Waals surface area contributed by atoms with Crippen LogP contribution in [0.2, 0.25) is 0 Å². The molecule has 0 aliphatic carbocycles. The van der Waals surface area contributed by atoms with Crippen LogP contribution in [0.5, 0.6) is 0 Å². The maximum absolute atomic E-state index is 12.1. The third-order valence-electron chi connectivity index (χ3n) is 3.55. The molecule has 0 saturated heterocycles. The molecule has 0 radical (unpaired) electrons. The molecule has 2 atom stereocenters. The predicted molar refractivity (Wildman–Crippen MR) is 83.2 cm³/mol. The van der Waals surface area contributed by atoms with E-state index in [4.69, 9.17) is 5.11 Å². The molecule has 0 bridgehead atoms. The Balaban J connectivity index is 2.63. The number of carboxylic acid groups (broad SMARTS) is 1. The normalized spacial score (nSPS) is 13.7. The Labute approximate surface area is 126 Å². The lowest BCUT2D eigenvalue weighted by Gasteiger charge is -2.29.